The largest absolute Gasteiger partial charge is 0.302 e. The number of benzene rings is 1. The van der Waals surface area contributed by atoms with E-state index in [1.54, 1.807) is 11.8 Å². The summed E-state index contributed by atoms with van der Waals surface area (Å²) in [5, 5.41) is -0.0931. The van der Waals surface area contributed by atoms with E-state index in [0.717, 1.165) is 24.0 Å². The second-order valence-electron chi connectivity index (χ2n) is 4.40. The van der Waals surface area contributed by atoms with Gasteiger partial charge in [0.25, 0.3) is 0 Å². The van der Waals surface area contributed by atoms with E-state index in [1.165, 1.54) is 0 Å². The maximum atomic E-state index is 11.6. The van der Waals surface area contributed by atoms with Crippen LogP contribution in [0.1, 0.15) is 25.7 Å². The Bertz CT molecular complexity index is 388. The lowest BCUT2D eigenvalue weighted by molar-refractivity contribution is -0.120. The molecule has 0 aliphatic heterocycles. The van der Waals surface area contributed by atoms with E-state index in [1.807, 2.05) is 30.3 Å². The van der Waals surface area contributed by atoms with E-state index in [4.69, 9.17) is 0 Å². The van der Waals surface area contributed by atoms with Gasteiger partial charge in [0.2, 0.25) is 0 Å². The van der Waals surface area contributed by atoms with Gasteiger partial charge in [-0.05, 0) is 31.4 Å². The number of hydrogen-bond donors (Lipinski definition) is 0. The standard InChI is InChI=1S/C14H16O2S/c15-10-13(9-11-5-4-8-14(11)16)17-12-6-2-1-3-7-12/h1-3,6-7,10-11,13H,4-5,8-9H2/t11?,13-/m1/s1. The number of Topliss-reactive ketones (excluding diaryl/α,β-unsaturated/α-hetero) is 1. The highest BCUT2D eigenvalue weighted by Crippen LogP contribution is 2.31. The molecule has 90 valence electrons. The van der Waals surface area contributed by atoms with E-state index in [0.29, 0.717) is 18.6 Å². The Kier molecular flexibility index (Phi) is 4.37. The first kappa shape index (κ1) is 12.4. The van der Waals surface area contributed by atoms with Crippen LogP contribution in [-0.2, 0) is 9.59 Å². The van der Waals surface area contributed by atoms with Crippen LogP contribution in [0, 0.1) is 5.92 Å². The quantitative estimate of drug-likeness (QED) is 0.593. The van der Waals surface area contributed by atoms with Crippen molar-refractivity contribution >= 4 is 23.8 Å². The van der Waals surface area contributed by atoms with Crippen molar-refractivity contribution in [2.45, 2.75) is 35.8 Å². The molecule has 1 fully saturated rings. The Hall–Kier alpha value is -1.09. The highest BCUT2D eigenvalue weighted by molar-refractivity contribution is 8.00. The third-order valence-electron chi connectivity index (χ3n) is 3.13. The van der Waals surface area contributed by atoms with Crippen molar-refractivity contribution in [2.24, 2.45) is 5.92 Å². The molecular weight excluding hydrogens is 232 g/mol. The van der Waals surface area contributed by atoms with Gasteiger partial charge in [0.1, 0.15) is 12.1 Å². The summed E-state index contributed by atoms with van der Waals surface area (Å²) in [5.74, 6) is 0.451. The molecule has 0 N–H and O–H groups in total. The van der Waals surface area contributed by atoms with Crippen LogP contribution in [0.5, 0.6) is 0 Å². The number of carbonyl (C=O) groups excluding carboxylic acids is 2. The van der Waals surface area contributed by atoms with Crippen LogP contribution in [0.25, 0.3) is 0 Å². The minimum Gasteiger partial charge on any atom is -0.302 e. The van der Waals surface area contributed by atoms with Crippen LogP contribution in [0.3, 0.4) is 0 Å². The van der Waals surface area contributed by atoms with Crippen LogP contribution in [0.15, 0.2) is 35.2 Å². The van der Waals surface area contributed by atoms with Gasteiger partial charge in [-0.15, -0.1) is 11.8 Å². The summed E-state index contributed by atoms with van der Waals surface area (Å²) >= 11 is 1.56. The molecule has 1 aliphatic carbocycles. The summed E-state index contributed by atoms with van der Waals surface area (Å²) in [6, 6.07) is 9.88. The SMILES string of the molecule is O=C[C@@H](CC1CCCC1=O)Sc1ccccc1. The molecule has 0 aromatic heterocycles. The number of rotatable bonds is 5. The average molecular weight is 248 g/mol. The highest BCUT2D eigenvalue weighted by atomic mass is 32.2. The van der Waals surface area contributed by atoms with Crippen LogP contribution >= 0.6 is 11.8 Å². The zero-order valence-electron chi connectivity index (χ0n) is 9.67. The fourth-order valence-electron chi connectivity index (χ4n) is 2.22. The lowest BCUT2D eigenvalue weighted by Gasteiger charge is -2.13. The Morgan fingerprint density at radius 3 is 2.71 bits per heavy atom. The van der Waals surface area contributed by atoms with Crippen LogP contribution in [-0.4, -0.2) is 17.3 Å². The predicted octanol–water partition coefficient (Wildman–Crippen LogP) is 3.11. The van der Waals surface area contributed by atoms with E-state index in [9.17, 15) is 9.59 Å². The average Bonchev–Trinajstić information content (AvgIpc) is 2.75. The molecule has 0 bridgehead atoms. The zero-order chi connectivity index (χ0) is 12.1. The van der Waals surface area contributed by atoms with Crippen molar-refractivity contribution in [3.8, 4) is 0 Å². The molecule has 0 radical (unpaired) electrons. The second kappa shape index (κ2) is 6.01. The molecule has 1 saturated carbocycles. The van der Waals surface area contributed by atoms with E-state index in [-0.39, 0.29) is 11.2 Å². The van der Waals surface area contributed by atoms with Gasteiger partial charge >= 0.3 is 0 Å². The summed E-state index contributed by atoms with van der Waals surface area (Å²) in [6.07, 6.45) is 4.32. The summed E-state index contributed by atoms with van der Waals surface area (Å²) in [7, 11) is 0. The third-order valence-corrected chi connectivity index (χ3v) is 4.28. The van der Waals surface area contributed by atoms with Crippen molar-refractivity contribution in [1.82, 2.24) is 0 Å². The molecule has 2 atom stereocenters. The number of carbonyl (C=O) groups is 2. The van der Waals surface area contributed by atoms with Gasteiger partial charge in [-0.25, -0.2) is 0 Å². The highest BCUT2D eigenvalue weighted by Gasteiger charge is 2.27. The minimum absolute atomic E-state index is 0.0931. The van der Waals surface area contributed by atoms with E-state index >= 15 is 0 Å². The van der Waals surface area contributed by atoms with Gasteiger partial charge in [0, 0.05) is 17.2 Å². The maximum absolute atomic E-state index is 11.6. The molecule has 1 aromatic rings. The monoisotopic (exact) mass is 248 g/mol. The number of aldehydes is 1. The molecule has 0 heterocycles. The molecule has 3 heteroatoms. The molecule has 1 aliphatic rings. The van der Waals surface area contributed by atoms with Gasteiger partial charge in [-0.3, -0.25) is 4.79 Å². The van der Waals surface area contributed by atoms with Gasteiger partial charge in [-0.2, -0.15) is 0 Å². The number of ketones is 1. The molecule has 0 amide bonds. The summed E-state index contributed by atoms with van der Waals surface area (Å²) in [4.78, 5) is 23.7. The molecule has 2 nitrogen and oxygen atoms in total. The lowest BCUT2D eigenvalue weighted by Crippen LogP contribution is -2.15. The van der Waals surface area contributed by atoms with Crippen LogP contribution < -0.4 is 0 Å². The van der Waals surface area contributed by atoms with Gasteiger partial charge in [0.15, 0.2) is 0 Å². The summed E-state index contributed by atoms with van der Waals surface area (Å²) in [6.45, 7) is 0. The van der Waals surface area contributed by atoms with Gasteiger partial charge in [0.05, 0.1) is 5.25 Å². The Morgan fingerprint density at radius 2 is 2.12 bits per heavy atom. The number of thioether (sulfide) groups is 1. The molecule has 2 rings (SSSR count). The van der Waals surface area contributed by atoms with Gasteiger partial charge in [-0.1, -0.05) is 18.2 Å². The summed E-state index contributed by atoms with van der Waals surface area (Å²) < 4.78 is 0. The second-order valence-corrected chi connectivity index (χ2v) is 5.71. The normalized spacial score (nSPS) is 21.4. The Labute approximate surface area is 106 Å². The van der Waals surface area contributed by atoms with Crippen molar-refractivity contribution in [2.75, 3.05) is 0 Å². The molecule has 1 aromatic carbocycles. The molecule has 17 heavy (non-hydrogen) atoms. The first-order valence-corrected chi connectivity index (χ1v) is 6.87. The van der Waals surface area contributed by atoms with Gasteiger partial charge < -0.3 is 4.79 Å². The Balaban J connectivity index is 1.93. The molecular formula is C14H16O2S. The topological polar surface area (TPSA) is 34.1 Å². The van der Waals surface area contributed by atoms with Crippen LogP contribution in [0.2, 0.25) is 0 Å². The maximum Gasteiger partial charge on any atom is 0.136 e. The fourth-order valence-corrected chi connectivity index (χ4v) is 3.27. The first-order chi connectivity index (χ1) is 8.29. The first-order valence-electron chi connectivity index (χ1n) is 5.99. The molecule has 1 unspecified atom stereocenters. The Morgan fingerprint density at radius 1 is 1.35 bits per heavy atom. The lowest BCUT2D eigenvalue weighted by atomic mass is 10.0. The predicted molar refractivity (Wildman–Crippen MR) is 69.1 cm³/mol. The third kappa shape index (κ3) is 3.43. The van der Waals surface area contributed by atoms with E-state index < -0.39 is 0 Å². The van der Waals surface area contributed by atoms with Crippen molar-refractivity contribution in [1.29, 1.82) is 0 Å². The smallest absolute Gasteiger partial charge is 0.136 e. The van der Waals surface area contributed by atoms with Crippen molar-refractivity contribution in [3.63, 3.8) is 0 Å². The van der Waals surface area contributed by atoms with Crippen molar-refractivity contribution in [3.05, 3.63) is 30.3 Å². The molecule has 0 spiro atoms. The van der Waals surface area contributed by atoms with Crippen LogP contribution in [0.4, 0.5) is 0 Å². The summed E-state index contributed by atoms with van der Waals surface area (Å²) in [5.41, 5.74) is 0. The van der Waals surface area contributed by atoms with E-state index in [2.05, 4.69) is 0 Å². The number of hydrogen-bond acceptors (Lipinski definition) is 3. The van der Waals surface area contributed by atoms with Crippen molar-refractivity contribution < 1.29 is 9.59 Å². The molecule has 0 saturated heterocycles. The fraction of sp³-hybridized carbons (Fsp3) is 0.429. The zero-order valence-corrected chi connectivity index (χ0v) is 10.5. The minimum atomic E-state index is -0.0931.